The number of aryl methyl sites for hydroxylation is 1. The maximum absolute atomic E-state index is 12.4. The molecule has 0 saturated heterocycles. The van der Waals surface area contributed by atoms with Gasteiger partial charge in [0.2, 0.25) is 0 Å². The van der Waals surface area contributed by atoms with Crippen molar-refractivity contribution >= 4 is 29.1 Å². The normalized spacial score (nSPS) is 10.1. The van der Waals surface area contributed by atoms with Gasteiger partial charge in [0, 0.05) is 17.6 Å². The number of nitrogens with zero attached hydrogens (tertiary/aromatic N) is 1. The molecule has 0 aliphatic carbocycles. The largest absolute Gasteiger partial charge is 0.465 e. The zero-order valence-corrected chi connectivity index (χ0v) is 15.0. The first-order valence-corrected chi connectivity index (χ1v) is 8.34. The van der Waals surface area contributed by atoms with Crippen molar-refractivity contribution in [2.24, 2.45) is 0 Å². The highest BCUT2D eigenvalue weighted by atomic mass is 16.5. The number of carbonyl (C=O) groups is 2. The van der Waals surface area contributed by atoms with Gasteiger partial charge >= 0.3 is 5.97 Å². The van der Waals surface area contributed by atoms with Crippen LogP contribution in [0.3, 0.4) is 0 Å². The predicted octanol–water partition coefficient (Wildman–Crippen LogP) is 4.17. The summed E-state index contributed by atoms with van der Waals surface area (Å²) in [6.07, 6.45) is 1.50. The summed E-state index contributed by atoms with van der Waals surface area (Å²) in [5.74, 6) is -0.131. The fraction of sp³-hybridized carbons (Fsp3) is 0.0952. The van der Waals surface area contributed by atoms with E-state index < -0.39 is 5.97 Å². The summed E-state index contributed by atoms with van der Waals surface area (Å²) in [4.78, 5) is 28.2. The molecule has 1 heterocycles. The van der Waals surface area contributed by atoms with Crippen LogP contribution in [0.5, 0.6) is 0 Å². The molecule has 27 heavy (non-hydrogen) atoms. The summed E-state index contributed by atoms with van der Waals surface area (Å²) >= 11 is 0. The molecular formula is C21H19N3O3. The number of hydrogen-bond donors (Lipinski definition) is 2. The lowest BCUT2D eigenvalue weighted by Gasteiger charge is -2.08. The summed E-state index contributed by atoms with van der Waals surface area (Å²) in [5, 5.41) is 5.92. The number of carbonyl (C=O) groups excluding carboxylic acids is 2. The molecule has 6 nitrogen and oxygen atoms in total. The second-order valence-corrected chi connectivity index (χ2v) is 5.95. The molecule has 0 radical (unpaired) electrons. The first-order chi connectivity index (χ1) is 13.0. The van der Waals surface area contributed by atoms with Crippen molar-refractivity contribution in [2.75, 3.05) is 17.7 Å². The molecule has 0 spiro atoms. The van der Waals surface area contributed by atoms with Gasteiger partial charge in [0.1, 0.15) is 5.82 Å². The number of methoxy groups -OCH3 is 1. The van der Waals surface area contributed by atoms with Crippen molar-refractivity contribution in [1.29, 1.82) is 0 Å². The molecule has 6 heteroatoms. The number of hydrogen-bond acceptors (Lipinski definition) is 5. The van der Waals surface area contributed by atoms with E-state index in [4.69, 9.17) is 0 Å². The van der Waals surface area contributed by atoms with E-state index >= 15 is 0 Å². The van der Waals surface area contributed by atoms with Crippen LogP contribution in [0.4, 0.5) is 17.2 Å². The van der Waals surface area contributed by atoms with Gasteiger partial charge in [0.05, 0.1) is 18.2 Å². The van der Waals surface area contributed by atoms with Crippen molar-refractivity contribution in [1.82, 2.24) is 4.98 Å². The van der Waals surface area contributed by atoms with E-state index in [0.29, 0.717) is 22.6 Å². The molecule has 136 valence electrons. The molecule has 3 rings (SSSR count). The van der Waals surface area contributed by atoms with Crippen molar-refractivity contribution in [3.05, 3.63) is 83.6 Å². The first kappa shape index (κ1) is 18.1. The summed E-state index contributed by atoms with van der Waals surface area (Å²) in [5.41, 5.74) is 3.38. The summed E-state index contributed by atoms with van der Waals surface area (Å²) in [7, 11) is 1.31. The Balaban J connectivity index is 1.67. The second-order valence-electron chi connectivity index (χ2n) is 5.95. The lowest BCUT2D eigenvalue weighted by Crippen LogP contribution is -2.13. The third-order valence-electron chi connectivity index (χ3n) is 3.89. The van der Waals surface area contributed by atoms with Crippen LogP contribution in [0.1, 0.15) is 26.3 Å². The Labute approximate surface area is 157 Å². The fourth-order valence-electron chi connectivity index (χ4n) is 2.43. The van der Waals surface area contributed by atoms with Crippen LogP contribution < -0.4 is 10.6 Å². The molecule has 0 bridgehead atoms. The third-order valence-corrected chi connectivity index (χ3v) is 3.89. The number of anilines is 3. The Kier molecular flexibility index (Phi) is 5.47. The van der Waals surface area contributed by atoms with E-state index in [0.717, 1.165) is 5.69 Å². The molecular weight excluding hydrogens is 342 g/mol. The number of ether oxygens (including phenoxy) is 1. The lowest BCUT2D eigenvalue weighted by molar-refractivity contribution is 0.0600. The third kappa shape index (κ3) is 4.70. The van der Waals surface area contributed by atoms with Crippen LogP contribution >= 0.6 is 0 Å². The summed E-state index contributed by atoms with van der Waals surface area (Å²) in [6, 6.07) is 17.9. The van der Waals surface area contributed by atoms with Crippen molar-refractivity contribution < 1.29 is 14.3 Å². The molecule has 0 fully saturated rings. The highest BCUT2D eigenvalue weighted by molar-refractivity contribution is 6.04. The van der Waals surface area contributed by atoms with Crippen LogP contribution in [0.25, 0.3) is 0 Å². The van der Waals surface area contributed by atoms with Gasteiger partial charge in [-0.2, -0.15) is 0 Å². The van der Waals surface area contributed by atoms with E-state index in [1.54, 1.807) is 36.4 Å². The Hall–Kier alpha value is -3.67. The molecule has 0 unspecified atom stereocenters. The highest BCUT2D eigenvalue weighted by Gasteiger charge is 2.10. The van der Waals surface area contributed by atoms with Crippen molar-refractivity contribution in [3.8, 4) is 0 Å². The molecule has 1 aromatic heterocycles. The molecule has 2 aromatic carbocycles. The molecule has 0 aliphatic heterocycles. The van der Waals surface area contributed by atoms with Crippen LogP contribution in [0, 0.1) is 6.92 Å². The van der Waals surface area contributed by atoms with Gasteiger partial charge < -0.3 is 15.4 Å². The number of pyridine rings is 1. The van der Waals surface area contributed by atoms with Gasteiger partial charge in [-0.1, -0.05) is 23.8 Å². The second kappa shape index (κ2) is 8.14. The molecule has 1 amide bonds. The van der Waals surface area contributed by atoms with Gasteiger partial charge in [-0.05, 0) is 49.4 Å². The van der Waals surface area contributed by atoms with Crippen molar-refractivity contribution in [3.63, 3.8) is 0 Å². The number of nitrogens with one attached hydrogen (secondary N) is 2. The van der Waals surface area contributed by atoms with Crippen LogP contribution in [-0.4, -0.2) is 24.0 Å². The monoisotopic (exact) mass is 361 g/mol. The minimum absolute atomic E-state index is 0.314. The zero-order chi connectivity index (χ0) is 19.2. The van der Waals surface area contributed by atoms with Crippen LogP contribution in [0.15, 0.2) is 66.9 Å². The van der Waals surface area contributed by atoms with Gasteiger partial charge in [-0.3, -0.25) is 4.79 Å². The topological polar surface area (TPSA) is 80.3 Å². The van der Waals surface area contributed by atoms with E-state index in [9.17, 15) is 9.59 Å². The SMILES string of the molecule is COC(=O)c1cccc(NC(=O)c2ccc(Nc3ccc(C)cc3)nc2)c1. The minimum atomic E-state index is -0.459. The molecule has 0 atom stereocenters. The van der Waals surface area contributed by atoms with Gasteiger partial charge in [-0.25, -0.2) is 9.78 Å². The number of rotatable bonds is 5. The van der Waals surface area contributed by atoms with Crippen molar-refractivity contribution in [2.45, 2.75) is 6.92 Å². The van der Waals surface area contributed by atoms with E-state index in [2.05, 4.69) is 20.4 Å². The van der Waals surface area contributed by atoms with Crippen LogP contribution in [0.2, 0.25) is 0 Å². The molecule has 0 aliphatic rings. The van der Waals surface area contributed by atoms with Gasteiger partial charge in [-0.15, -0.1) is 0 Å². The smallest absolute Gasteiger partial charge is 0.337 e. The number of aromatic nitrogens is 1. The minimum Gasteiger partial charge on any atom is -0.465 e. The fourth-order valence-corrected chi connectivity index (χ4v) is 2.43. The zero-order valence-electron chi connectivity index (χ0n) is 15.0. The Morgan fingerprint density at radius 2 is 1.70 bits per heavy atom. The molecule has 3 aromatic rings. The van der Waals surface area contributed by atoms with Gasteiger partial charge in [0.15, 0.2) is 0 Å². The highest BCUT2D eigenvalue weighted by Crippen LogP contribution is 2.17. The molecule has 2 N–H and O–H groups in total. The first-order valence-electron chi connectivity index (χ1n) is 8.34. The van der Waals surface area contributed by atoms with E-state index in [-0.39, 0.29) is 5.91 Å². The predicted molar refractivity (Wildman–Crippen MR) is 104 cm³/mol. The summed E-state index contributed by atoms with van der Waals surface area (Å²) < 4.78 is 4.68. The van der Waals surface area contributed by atoms with E-state index in [1.165, 1.54) is 18.9 Å². The Morgan fingerprint density at radius 1 is 0.926 bits per heavy atom. The van der Waals surface area contributed by atoms with E-state index in [1.807, 2.05) is 31.2 Å². The standard InChI is InChI=1S/C21H19N3O3/c1-14-6-9-17(10-7-14)23-19-11-8-16(13-22-19)20(25)24-18-5-3-4-15(12-18)21(26)27-2/h3-13H,1-2H3,(H,22,23)(H,24,25). The average Bonchev–Trinajstić information content (AvgIpc) is 2.70. The Bertz CT molecular complexity index is 951. The number of benzene rings is 2. The lowest BCUT2D eigenvalue weighted by atomic mass is 10.2. The maximum atomic E-state index is 12.4. The van der Waals surface area contributed by atoms with Crippen LogP contribution in [-0.2, 0) is 4.74 Å². The Morgan fingerprint density at radius 3 is 2.37 bits per heavy atom. The summed E-state index contributed by atoms with van der Waals surface area (Å²) in [6.45, 7) is 2.02. The molecule has 0 saturated carbocycles. The number of esters is 1. The average molecular weight is 361 g/mol. The van der Waals surface area contributed by atoms with Gasteiger partial charge in [0.25, 0.3) is 5.91 Å². The number of amides is 1. The maximum Gasteiger partial charge on any atom is 0.337 e. The quantitative estimate of drug-likeness (QED) is 0.667.